The number of aromatic nitrogens is 1. The molecule has 0 bridgehead atoms. The molecule has 4 rings (SSSR count). The van der Waals surface area contributed by atoms with Crippen LogP contribution in [0.2, 0.25) is 0 Å². The summed E-state index contributed by atoms with van der Waals surface area (Å²) >= 11 is 0. The zero-order valence-corrected chi connectivity index (χ0v) is 19.2. The highest BCUT2D eigenvalue weighted by Crippen LogP contribution is 2.22. The molecule has 0 spiro atoms. The SMILES string of the molecule is CC(=O)c1ccc(S(=O)(=O)N(Cc2ccccc2)Cc2cc3cc(C)ccc3[nH]c2=O)cc1. The van der Waals surface area contributed by atoms with Crippen LogP contribution in [0.4, 0.5) is 0 Å². The highest BCUT2D eigenvalue weighted by molar-refractivity contribution is 7.89. The van der Waals surface area contributed by atoms with Crippen LogP contribution in [0.25, 0.3) is 10.9 Å². The Kier molecular flexibility index (Phi) is 6.26. The number of sulfonamides is 1. The maximum absolute atomic E-state index is 13.6. The molecule has 0 saturated heterocycles. The molecule has 1 N–H and O–H groups in total. The Morgan fingerprint density at radius 1 is 0.909 bits per heavy atom. The molecule has 0 fully saturated rings. The fraction of sp³-hybridized carbons (Fsp3) is 0.154. The molecular weight excluding hydrogens is 436 g/mol. The monoisotopic (exact) mass is 460 g/mol. The van der Waals surface area contributed by atoms with Crippen molar-refractivity contribution in [3.8, 4) is 0 Å². The summed E-state index contributed by atoms with van der Waals surface area (Å²) in [6, 6.07) is 22.5. The molecule has 33 heavy (non-hydrogen) atoms. The van der Waals surface area contributed by atoms with Gasteiger partial charge in [0, 0.05) is 29.7 Å². The van der Waals surface area contributed by atoms with Crippen molar-refractivity contribution in [1.82, 2.24) is 9.29 Å². The fourth-order valence-corrected chi connectivity index (χ4v) is 5.11. The maximum atomic E-state index is 13.6. The van der Waals surface area contributed by atoms with Crippen molar-refractivity contribution in [2.75, 3.05) is 0 Å². The Morgan fingerprint density at radius 3 is 2.27 bits per heavy atom. The Labute approximate surface area is 192 Å². The highest BCUT2D eigenvalue weighted by atomic mass is 32.2. The number of aromatic amines is 1. The summed E-state index contributed by atoms with van der Waals surface area (Å²) in [5.74, 6) is -0.141. The number of fused-ring (bicyclic) bond motifs is 1. The molecule has 1 heterocycles. The number of carbonyl (C=O) groups excluding carboxylic acids is 1. The summed E-state index contributed by atoms with van der Waals surface area (Å²) in [5.41, 5.74) is 3.00. The van der Waals surface area contributed by atoms with Crippen LogP contribution < -0.4 is 5.56 Å². The van der Waals surface area contributed by atoms with Crippen LogP contribution in [0.5, 0.6) is 0 Å². The van der Waals surface area contributed by atoms with Gasteiger partial charge in [-0.25, -0.2) is 8.42 Å². The first kappa shape index (κ1) is 22.6. The Bertz CT molecular complexity index is 1470. The van der Waals surface area contributed by atoms with E-state index in [9.17, 15) is 18.0 Å². The summed E-state index contributed by atoms with van der Waals surface area (Å²) in [4.78, 5) is 27.3. The molecule has 4 aromatic rings. The molecule has 0 unspecified atom stereocenters. The van der Waals surface area contributed by atoms with E-state index in [1.165, 1.54) is 35.5 Å². The minimum atomic E-state index is -3.95. The van der Waals surface area contributed by atoms with Crippen LogP contribution in [-0.2, 0) is 23.1 Å². The van der Waals surface area contributed by atoms with Gasteiger partial charge in [-0.15, -0.1) is 0 Å². The third kappa shape index (κ3) is 4.94. The number of hydrogen-bond acceptors (Lipinski definition) is 4. The Hall–Kier alpha value is -3.55. The third-order valence-corrected chi connectivity index (χ3v) is 7.33. The topological polar surface area (TPSA) is 87.3 Å². The lowest BCUT2D eigenvalue weighted by molar-refractivity contribution is 0.101. The average Bonchev–Trinajstić information content (AvgIpc) is 2.80. The zero-order valence-electron chi connectivity index (χ0n) is 18.4. The van der Waals surface area contributed by atoms with Gasteiger partial charge < -0.3 is 4.98 Å². The van der Waals surface area contributed by atoms with Gasteiger partial charge in [0.1, 0.15) is 0 Å². The Morgan fingerprint density at radius 2 is 1.61 bits per heavy atom. The molecule has 3 aromatic carbocycles. The second kappa shape index (κ2) is 9.13. The number of Topliss-reactive ketones (excluding diaryl/α,β-unsaturated/α-hetero) is 1. The van der Waals surface area contributed by atoms with Crippen molar-refractivity contribution in [1.29, 1.82) is 0 Å². The number of benzene rings is 3. The average molecular weight is 461 g/mol. The first-order valence-corrected chi connectivity index (χ1v) is 12.0. The van der Waals surface area contributed by atoms with E-state index in [1.54, 1.807) is 6.07 Å². The van der Waals surface area contributed by atoms with Crippen LogP contribution in [-0.4, -0.2) is 23.5 Å². The molecule has 6 nitrogen and oxygen atoms in total. The number of pyridine rings is 1. The van der Waals surface area contributed by atoms with Gasteiger partial charge in [-0.1, -0.05) is 54.1 Å². The van der Waals surface area contributed by atoms with Gasteiger partial charge in [-0.05, 0) is 55.1 Å². The summed E-state index contributed by atoms with van der Waals surface area (Å²) < 4.78 is 28.4. The maximum Gasteiger partial charge on any atom is 0.252 e. The lowest BCUT2D eigenvalue weighted by atomic mass is 10.1. The molecular formula is C26H24N2O4S. The molecule has 0 atom stereocenters. The van der Waals surface area contributed by atoms with Crippen molar-refractivity contribution in [3.05, 3.63) is 111 Å². The smallest absolute Gasteiger partial charge is 0.252 e. The number of hydrogen-bond donors (Lipinski definition) is 1. The second-order valence-electron chi connectivity index (χ2n) is 8.05. The predicted octanol–water partition coefficient (Wildman–Crippen LogP) is 4.43. The molecule has 0 aliphatic heterocycles. The first-order valence-electron chi connectivity index (χ1n) is 10.5. The largest absolute Gasteiger partial charge is 0.322 e. The van der Waals surface area contributed by atoms with Crippen LogP contribution >= 0.6 is 0 Å². The lowest BCUT2D eigenvalue weighted by Gasteiger charge is -2.22. The zero-order chi connectivity index (χ0) is 23.6. The number of H-pyrrole nitrogens is 1. The van der Waals surface area contributed by atoms with Crippen molar-refractivity contribution >= 4 is 26.7 Å². The summed E-state index contributed by atoms with van der Waals surface area (Å²) in [6.45, 7) is 3.40. The summed E-state index contributed by atoms with van der Waals surface area (Å²) in [5, 5.41) is 0.840. The standard InChI is InChI=1S/C26H24N2O4S/c1-18-8-13-25-22(14-18)15-23(26(30)27-25)17-28(16-20-6-4-3-5-7-20)33(31,32)24-11-9-21(10-12-24)19(2)29/h3-15H,16-17H2,1-2H3,(H,27,30). The van der Waals surface area contributed by atoms with Gasteiger partial charge in [-0.2, -0.15) is 4.31 Å². The first-order chi connectivity index (χ1) is 15.7. The summed E-state index contributed by atoms with van der Waals surface area (Å²) in [7, 11) is -3.95. The molecule has 168 valence electrons. The quantitative estimate of drug-likeness (QED) is 0.413. The number of carbonyl (C=O) groups is 1. The lowest BCUT2D eigenvalue weighted by Crippen LogP contribution is -2.32. The number of aryl methyl sites for hydroxylation is 1. The van der Waals surface area contributed by atoms with Crippen LogP contribution in [0.3, 0.4) is 0 Å². The Balaban J connectivity index is 1.76. The molecule has 1 aromatic heterocycles. The van der Waals surface area contributed by atoms with E-state index >= 15 is 0 Å². The van der Waals surface area contributed by atoms with Crippen molar-refractivity contribution in [3.63, 3.8) is 0 Å². The van der Waals surface area contributed by atoms with Crippen molar-refractivity contribution in [2.45, 2.75) is 31.8 Å². The van der Waals surface area contributed by atoms with Crippen molar-refractivity contribution in [2.24, 2.45) is 0 Å². The van der Waals surface area contributed by atoms with Crippen LogP contribution in [0, 0.1) is 6.92 Å². The molecule has 0 aliphatic carbocycles. The van der Waals surface area contributed by atoms with E-state index in [-0.39, 0.29) is 29.3 Å². The molecule has 0 amide bonds. The normalized spacial score (nSPS) is 11.7. The van der Waals surface area contributed by atoms with E-state index in [0.29, 0.717) is 16.6 Å². The van der Waals surface area contributed by atoms with Gasteiger partial charge >= 0.3 is 0 Å². The number of nitrogens with one attached hydrogen (secondary N) is 1. The number of nitrogens with zero attached hydrogens (tertiary/aromatic N) is 1. The fourth-order valence-electron chi connectivity index (χ4n) is 3.70. The van der Waals surface area contributed by atoms with Crippen LogP contribution in [0.15, 0.2) is 88.6 Å². The second-order valence-corrected chi connectivity index (χ2v) is 9.99. The summed E-state index contributed by atoms with van der Waals surface area (Å²) in [6.07, 6.45) is 0. The van der Waals surface area contributed by atoms with Gasteiger partial charge in [0.15, 0.2) is 5.78 Å². The van der Waals surface area contributed by atoms with Gasteiger partial charge in [0.25, 0.3) is 5.56 Å². The molecule has 0 aliphatic rings. The van der Waals surface area contributed by atoms with E-state index in [2.05, 4.69) is 4.98 Å². The van der Waals surface area contributed by atoms with Crippen molar-refractivity contribution < 1.29 is 13.2 Å². The molecule has 0 radical (unpaired) electrons. The van der Waals surface area contributed by atoms with Gasteiger partial charge in [0.05, 0.1) is 4.90 Å². The van der Waals surface area contributed by atoms with E-state index in [4.69, 9.17) is 0 Å². The van der Waals surface area contributed by atoms with E-state index in [1.807, 2.05) is 55.5 Å². The molecule has 7 heteroatoms. The molecule has 0 saturated carbocycles. The van der Waals surface area contributed by atoms with Gasteiger partial charge in [-0.3, -0.25) is 9.59 Å². The number of ketones is 1. The number of rotatable bonds is 7. The minimum absolute atomic E-state index is 0.0662. The van der Waals surface area contributed by atoms with E-state index in [0.717, 1.165) is 16.5 Å². The predicted molar refractivity (Wildman–Crippen MR) is 129 cm³/mol. The van der Waals surface area contributed by atoms with Gasteiger partial charge in [0.2, 0.25) is 10.0 Å². The van der Waals surface area contributed by atoms with E-state index < -0.39 is 10.0 Å². The third-order valence-electron chi connectivity index (χ3n) is 5.52. The van der Waals surface area contributed by atoms with Crippen LogP contribution in [0.1, 0.15) is 34.0 Å². The highest BCUT2D eigenvalue weighted by Gasteiger charge is 2.26. The minimum Gasteiger partial charge on any atom is -0.322 e.